The highest BCUT2D eigenvalue weighted by Gasteiger charge is 2.03. The lowest BCUT2D eigenvalue weighted by Gasteiger charge is -2.12. The number of halogens is 1. The Labute approximate surface area is 245 Å². The number of para-hydroxylation sites is 1. The molecular formula is C35H66ClNO. The Morgan fingerprint density at radius 2 is 0.895 bits per heavy atom. The molecule has 0 aromatic heterocycles. The van der Waals surface area contributed by atoms with Crippen molar-refractivity contribution in [3.05, 3.63) is 29.8 Å². The van der Waals surface area contributed by atoms with Crippen molar-refractivity contribution in [1.29, 1.82) is 0 Å². The standard InChI is InChI=1S/C35H65NO.ClH/c1-3-5-7-9-11-13-14-15-16-17-18-19-20-21-23-27-31-36-33-34-29-25-26-30-35(34)37-32-28-24-22-12-10-8-6-4-2;/h25-26,29-30,36H,3-24,27-28,31-33H2,1-2H3;1H. The van der Waals surface area contributed by atoms with Crippen LogP contribution >= 0.6 is 12.4 Å². The van der Waals surface area contributed by atoms with Gasteiger partial charge in [-0.25, -0.2) is 0 Å². The minimum absolute atomic E-state index is 0. The Kier molecular flexibility index (Phi) is 30.2. The number of hydrogen-bond acceptors (Lipinski definition) is 2. The third-order valence-electron chi connectivity index (χ3n) is 7.75. The molecule has 0 aliphatic heterocycles. The van der Waals surface area contributed by atoms with E-state index >= 15 is 0 Å². The summed E-state index contributed by atoms with van der Waals surface area (Å²) in [6, 6.07) is 8.58. The predicted molar refractivity (Wildman–Crippen MR) is 173 cm³/mol. The molecule has 0 atom stereocenters. The lowest BCUT2D eigenvalue weighted by molar-refractivity contribution is 0.300. The Bertz CT molecular complexity index is 579. The van der Waals surface area contributed by atoms with Crippen molar-refractivity contribution >= 4 is 12.4 Å². The van der Waals surface area contributed by atoms with E-state index in [9.17, 15) is 0 Å². The Hall–Kier alpha value is -0.730. The van der Waals surface area contributed by atoms with Crippen LogP contribution in [0.4, 0.5) is 0 Å². The van der Waals surface area contributed by atoms with Gasteiger partial charge in [-0.05, 0) is 25.5 Å². The quantitative estimate of drug-likeness (QED) is 0.0999. The first-order valence-electron chi connectivity index (χ1n) is 16.8. The van der Waals surface area contributed by atoms with Crippen LogP contribution in [0.5, 0.6) is 5.75 Å². The molecule has 1 aromatic rings. The van der Waals surface area contributed by atoms with Gasteiger partial charge in [-0.3, -0.25) is 0 Å². The second-order valence-corrected chi connectivity index (χ2v) is 11.4. The van der Waals surface area contributed by atoms with E-state index in [0.717, 1.165) is 25.4 Å². The smallest absolute Gasteiger partial charge is 0.123 e. The highest BCUT2D eigenvalue weighted by molar-refractivity contribution is 5.85. The van der Waals surface area contributed by atoms with Crippen molar-refractivity contribution in [1.82, 2.24) is 5.32 Å². The van der Waals surface area contributed by atoms with Gasteiger partial charge < -0.3 is 10.1 Å². The van der Waals surface area contributed by atoms with Gasteiger partial charge in [0.05, 0.1) is 6.61 Å². The summed E-state index contributed by atoms with van der Waals surface area (Å²) in [4.78, 5) is 0. The van der Waals surface area contributed by atoms with Gasteiger partial charge in [-0.1, -0.05) is 173 Å². The van der Waals surface area contributed by atoms with Crippen molar-refractivity contribution in [3.63, 3.8) is 0 Å². The molecule has 0 saturated heterocycles. The number of unbranched alkanes of at least 4 members (excludes halogenated alkanes) is 22. The monoisotopic (exact) mass is 551 g/mol. The van der Waals surface area contributed by atoms with E-state index in [1.807, 2.05) is 0 Å². The first-order valence-corrected chi connectivity index (χ1v) is 16.8. The number of benzene rings is 1. The fourth-order valence-corrected chi connectivity index (χ4v) is 5.23. The highest BCUT2D eigenvalue weighted by Crippen LogP contribution is 2.19. The van der Waals surface area contributed by atoms with E-state index in [4.69, 9.17) is 4.74 Å². The molecule has 0 unspecified atom stereocenters. The second-order valence-electron chi connectivity index (χ2n) is 11.4. The fourth-order valence-electron chi connectivity index (χ4n) is 5.23. The van der Waals surface area contributed by atoms with E-state index in [1.54, 1.807) is 0 Å². The molecule has 2 nitrogen and oxygen atoms in total. The minimum atomic E-state index is 0. The Balaban J connectivity index is 0.0000137. The largest absolute Gasteiger partial charge is 0.493 e. The summed E-state index contributed by atoms with van der Waals surface area (Å²) in [6.07, 6.45) is 33.6. The van der Waals surface area contributed by atoms with Gasteiger partial charge in [0.1, 0.15) is 5.75 Å². The van der Waals surface area contributed by atoms with E-state index in [-0.39, 0.29) is 12.4 Å². The molecule has 0 aliphatic carbocycles. The van der Waals surface area contributed by atoms with Crippen molar-refractivity contribution < 1.29 is 4.74 Å². The van der Waals surface area contributed by atoms with Gasteiger partial charge >= 0.3 is 0 Å². The highest BCUT2D eigenvalue weighted by atomic mass is 35.5. The molecule has 0 aliphatic rings. The topological polar surface area (TPSA) is 21.3 Å². The van der Waals surface area contributed by atoms with E-state index in [0.29, 0.717) is 0 Å². The summed E-state index contributed by atoms with van der Waals surface area (Å²) in [5, 5.41) is 3.65. The first kappa shape index (κ1) is 37.3. The van der Waals surface area contributed by atoms with Gasteiger partial charge in [0.25, 0.3) is 0 Å². The van der Waals surface area contributed by atoms with Crippen LogP contribution in [0.15, 0.2) is 24.3 Å². The normalized spacial score (nSPS) is 11.0. The summed E-state index contributed by atoms with van der Waals surface area (Å²) >= 11 is 0. The zero-order valence-corrected chi connectivity index (χ0v) is 26.5. The summed E-state index contributed by atoms with van der Waals surface area (Å²) in [7, 11) is 0. The van der Waals surface area contributed by atoms with E-state index in [1.165, 1.54) is 160 Å². The number of hydrogen-bond donors (Lipinski definition) is 1. The van der Waals surface area contributed by atoms with Crippen LogP contribution in [0.25, 0.3) is 0 Å². The average molecular weight is 552 g/mol. The third-order valence-corrected chi connectivity index (χ3v) is 7.75. The fraction of sp³-hybridized carbons (Fsp3) is 0.829. The average Bonchev–Trinajstić information content (AvgIpc) is 2.92. The molecule has 0 spiro atoms. The molecule has 0 bridgehead atoms. The number of nitrogens with one attached hydrogen (secondary N) is 1. The van der Waals surface area contributed by atoms with E-state index < -0.39 is 0 Å². The van der Waals surface area contributed by atoms with Gasteiger partial charge in [0, 0.05) is 12.1 Å². The van der Waals surface area contributed by atoms with Crippen molar-refractivity contribution in [2.75, 3.05) is 13.2 Å². The SMILES string of the molecule is CCCCCCCCCCCCCCCCCCNCc1ccccc1OCCCCCCCCCC.Cl. The van der Waals surface area contributed by atoms with Crippen LogP contribution in [-0.4, -0.2) is 13.2 Å². The van der Waals surface area contributed by atoms with Gasteiger partial charge in [0.15, 0.2) is 0 Å². The lowest BCUT2D eigenvalue weighted by Crippen LogP contribution is -2.15. The summed E-state index contributed by atoms with van der Waals surface area (Å²) in [5.41, 5.74) is 1.30. The summed E-state index contributed by atoms with van der Waals surface area (Å²) < 4.78 is 6.13. The van der Waals surface area contributed by atoms with E-state index in [2.05, 4.69) is 43.4 Å². The summed E-state index contributed by atoms with van der Waals surface area (Å²) in [6.45, 7) is 7.47. The van der Waals surface area contributed by atoms with Crippen LogP contribution in [0.3, 0.4) is 0 Å². The Morgan fingerprint density at radius 3 is 1.37 bits per heavy atom. The minimum Gasteiger partial charge on any atom is -0.493 e. The summed E-state index contributed by atoms with van der Waals surface area (Å²) in [5.74, 6) is 1.07. The predicted octanol–water partition coefficient (Wildman–Crippen LogP) is 12.0. The lowest BCUT2D eigenvalue weighted by atomic mass is 10.0. The molecule has 1 aromatic carbocycles. The molecule has 38 heavy (non-hydrogen) atoms. The van der Waals surface area contributed by atoms with Crippen molar-refractivity contribution in [2.45, 2.75) is 174 Å². The van der Waals surface area contributed by atoms with Gasteiger partial charge in [-0.2, -0.15) is 0 Å². The van der Waals surface area contributed by atoms with Crippen LogP contribution in [0, 0.1) is 0 Å². The molecule has 0 fully saturated rings. The van der Waals surface area contributed by atoms with Crippen LogP contribution in [0.1, 0.15) is 174 Å². The Morgan fingerprint density at radius 1 is 0.500 bits per heavy atom. The van der Waals surface area contributed by atoms with Gasteiger partial charge in [-0.15, -0.1) is 12.4 Å². The maximum atomic E-state index is 6.13. The maximum absolute atomic E-state index is 6.13. The zero-order chi connectivity index (χ0) is 26.5. The van der Waals surface area contributed by atoms with Crippen LogP contribution in [0.2, 0.25) is 0 Å². The molecular weight excluding hydrogens is 486 g/mol. The van der Waals surface area contributed by atoms with Crippen molar-refractivity contribution in [2.24, 2.45) is 0 Å². The van der Waals surface area contributed by atoms with Gasteiger partial charge in [0.2, 0.25) is 0 Å². The second kappa shape index (κ2) is 30.8. The van der Waals surface area contributed by atoms with Crippen LogP contribution < -0.4 is 10.1 Å². The zero-order valence-electron chi connectivity index (χ0n) is 25.7. The number of ether oxygens (including phenoxy) is 1. The molecule has 0 heterocycles. The third kappa shape index (κ3) is 24.3. The van der Waals surface area contributed by atoms with Crippen LogP contribution in [-0.2, 0) is 6.54 Å². The first-order chi connectivity index (χ1) is 18.4. The molecule has 1 N–H and O–H groups in total. The molecule has 1 rings (SSSR count). The molecule has 0 amide bonds. The maximum Gasteiger partial charge on any atom is 0.123 e. The van der Waals surface area contributed by atoms with Crippen molar-refractivity contribution in [3.8, 4) is 5.75 Å². The molecule has 0 saturated carbocycles. The molecule has 3 heteroatoms. The molecule has 0 radical (unpaired) electrons. The molecule has 224 valence electrons. The number of rotatable bonds is 29.